The molecule has 2 aromatic rings. The molecule has 3 rings (SSSR count). The van der Waals surface area contributed by atoms with E-state index in [1.165, 1.54) is 36.7 Å². The van der Waals surface area contributed by atoms with Gasteiger partial charge in [-0.25, -0.2) is 0 Å². The van der Waals surface area contributed by atoms with Gasteiger partial charge in [0, 0.05) is 0 Å². The van der Waals surface area contributed by atoms with E-state index in [0.717, 1.165) is 32.5 Å². The number of nitrogens with one attached hydrogen (secondary N) is 1. The molecule has 0 amide bonds. The summed E-state index contributed by atoms with van der Waals surface area (Å²) in [6, 6.07) is 11.0. The molecule has 3 N–H and O–H groups in total. The van der Waals surface area contributed by atoms with Gasteiger partial charge in [-0.05, 0) is 0 Å². The Labute approximate surface area is 153 Å². The zero-order valence-corrected chi connectivity index (χ0v) is 16.7. The molecule has 0 spiro atoms. The third kappa shape index (κ3) is 3.05. The average molecular weight is 437 g/mol. The third-order valence-electron chi connectivity index (χ3n) is 4.25. The summed E-state index contributed by atoms with van der Waals surface area (Å²) in [5.41, 5.74) is 9.34. The first-order valence-electron chi connectivity index (χ1n) is 8.05. The molecule has 23 heavy (non-hydrogen) atoms. The van der Waals surface area contributed by atoms with Crippen LogP contribution in [0.2, 0.25) is 0 Å². The van der Waals surface area contributed by atoms with E-state index in [2.05, 4.69) is 78.6 Å². The molecule has 0 atom stereocenters. The Morgan fingerprint density at radius 2 is 1.78 bits per heavy atom. The monoisotopic (exact) mass is 439 g/mol. The molecule has 0 aromatic heterocycles. The number of anilines is 1. The van der Waals surface area contributed by atoms with Crippen LogP contribution >= 0.6 is 0 Å². The van der Waals surface area contributed by atoms with Gasteiger partial charge in [0.1, 0.15) is 0 Å². The van der Waals surface area contributed by atoms with E-state index in [0.29, 0.717) is 0 Å². The first kappa shape index (κ1) is 16.9. The Kier molecular flexibility index (Phi) is 5.35. The SMILES string of the molecule is CCN1C(=[Se])c2cccc3c(NCCCCN)ccc(c23)C1=[Se]. The molecule has 0 saturated carbocycles. The number of rotatable bonds is 6. The number of hydrogen-bond donors (Lipinski definition) is 2. The van der Waals surface area contributed by atoms with E-state index < -0.39 is 0 Å². The van der Waals surface area contributed by atoms with E-state index in [4.69, 9.17) is 5.73 Å². The summed E-state index contributed by atoms with van der Waals surface area (Å²) in [4.78, 5) is 2.30. The average Bonchev–Trinajstić information content (AvgIpc) is 2.57. The Morgan fingerprint density at radius 1 is 1.04 bits per heavy atom. The maximum absolute atomic E-state index is 5.58. The molecular weight excluding hydrogens is 416 g/mol. The minimum atomic E-state index is 0.756. The van der Waals surface area contributed by atoms with E-state index in [-0.39, 0.29) is 0 Å². The van der Waals surface area contributed by atoms with Crippen LogP contribution in [0.3, 0.4) is 0 Å². The van der Waals surface area contributed by atoms with Crippen LogP contribution in [0.15, 0.2) is 30.3 Å². The summed E-state index contributed by atoms with van der Waals surface area (Å²) in [5, 5.41) is 6.18. The molecule has 3 nitrogen and oxygen atoms in total. The summed E-state index contributed by atoms with van der Waals surface area (Å²) in [5.74, 6) is 0. The molecule has 5 heteroatoms. The van der Waals surface area contributed by atoms with Gasteiger partial charge in [0.25, 0.3) is 0 Å². The van der Waals surface area contributed by atoms with Crippen molar-refractivity contribution in [2.24, 2.45) is 5.73 Å². The number of nitrogens with zero attached hydrogens (tertiary/aromatic N) is 1. The third-order valence-corrected chi connectivity index (χ3v) is 6.10. The van der Waals surface area contributed by atoms with E-state index >= 15 is 0 Å². The zero-order valence-electron chi connectivity index (χ0n) is 13.3. The summed E-state index contributed by atoms with van der Waals surface area (Å²) in [7, 11) is 0. The molecule has 0 bridgehead atoms. The van der Waals surface area contributed by atoms with Gasteiger partial charge in [0.05, 0.1) is 0 Å². The number of hydrogen-bond acceptors (Lipinski definition) is 3. The number of nitrogens with two attached hydrogens (primary N) is 1. The van der Waals surface area contributed by atoms with Crippen molar-refractivity contribution in [2.75, 3.05) is 25.0 Å². The fraction of sp³-hybridized carbons (Fsp3) is 0.333. The van der Waals surface area contributed by atoms with Crippen LogP contribution in [0, 0.1) is 0 Å². The van der Waals surface area contributed by atoms with Crippen LogP contribution in [-0.4, -0.2) is 64.8 Å². The standard InChI is InChI=1S/C18H21N3Se2/c1-2-21-17(22)13-7-5-6-12-15(20-11-4-3-10-19)9-8-14(16(12)13)18(21)23/h5-9,20H,2-4,10-11,19H2,1H3. The van der Waals surface area contributed by atoms with Crippen molar-refractivity contribution in [1.82, 2.24) is 4.90 Å². The van der Waals surface area contributed by atoms with Crippen LogP contribution in [0.4, 0.5) is 5.69 Å². The van der Waals surface area contributed by atoms with Gasteiger partial charge in [-0.2, -0.15) is 0 Å². The minimum absolute atomic E-state index is 0.756. The predicted molar refractivity (Wildman–Crippen MR) is 103 cm³/mol. The molecule has 0 saturated heterocycles. The quantitative estimate of drug-likeness (QED) is 0.533. The Bertz CT molecular complexity index is 748. The van der Waals surface area contributed by atoms with E-state index in [1.54, 1.807) is 0 Å². The van der Waals surface area contributed by atoms with Crippen molar-refractivity contribution >= 4 is 56.7 Å². The first-order chi connectivity index (χ1) is 11.2. The molecule has 2 aromatic carbocycles. The van der Waals surface area contributed by atoms with Gasteiger partial charge >= 0.3 is 154 Å². The number of benzene rings is 2. The van der Waals surface area contributed by atoms with E-state index in [9.17, 15) is 0 Å². The number of unbranched alkanes of at least 4 members (excludes halogenated alkanes) is 1. The molecular formula is C18H21N3Se2. The second-order valence-corrected chi connectivity index (χ2v) is 7.29. The fourth-order valence-electron chi connectivity index (χ4n) is 3.08. The van der Waals surface area contributed by atoms with Crippen molar-refractivity contribution < 1.29 is 0 Å². The van der Waals surface area contributed by atoms with Crippen LogP contribution in [-0.2, 0) is 0 Å². The maximum atomic E-state index is 5.58. The van der Waals surface area contributed by atoms with Gasteiger partial charge in [-0.3, -0.25) is 0 Å². The van der Waals surface area contributed by atoms with Gasteiger partial charge < -0.3 is 0 Å². The second-order valence-electron chi connectivity index (χ2n) is 5.67. The van der Waals surface area contributed by atoms with Crippen molar-refractivity contribution in [1.29, 1.82) is 0 Å². The summed E-state index contributed by atoms with van der Waals surface area (Å²) < 4.78 is 2.39. The van der Waals surface area contributed by atoms with Crippen LogP contribution in [0.25, 0.3) is 10.8 Å². The molecule has 1 heterocycles. The summed E-state index contributed by atoms with van der Waals surface area (Å²) in [6.07, 6.45) is 2.16. The molecule has 0 fully saturated rings. The van der Waals surface area contributed by atoms with Gasteiger partial charge in [-0.15, -0.1) is 0 Å². The van der Waals surface area contributed by atoms with Crippen LogP contribution < -0.4 is 11.1 Å². The molecule has 1 aliphatic rings. The topological polar surface area (TPSA) is 41.3 Å². The molecule has 0 aliphatic carbocycles. The zero-order chi connectivity index (χ0) is 16.4. The Balaban J connectivity index is 2.06. The normalized spacial score (nSPS) is 13.7. The summed E-state index contributed by atoms with van der Waals surface area (Å²) in [6.45, 7) is 4.83. The van der Waals surface area contributed by atoms with Crippen molar-refractivity contribution in [3.05, 3.63) is 41.5 Å². The molecule has 0 radical (unpaired) electrons. The molecule has 0 unspecified atom stereocenters. The van der Waals surface area contributed by atoms with Crippen molar-refractivity contribution in [2.45, 2.75) is 19.8 Å². The van der Waals surface area contributed by atoms with Crippen LogP contribution in [0.1, 0.15) is 30.9 Å². The van der Waals surface area contributed by atoms with Gasteiger partial charge in [0.15, 0.2) is 0 Å². The molecule has 1 aliphatic heterocycles. The van der Waals surface area contributed by atoms with Crippen molar-refractivity contribution in [3.8, 4) is 0 Å². The predicted octanol–water partition coefficient (Wildman–Crippen LogP) is 1.62. The Morgan fingerprint density at radius 3 is 2.48 bits per heavy atom. The second kappa shape index (κ2) is 7.29. The first-order valence-corrected chi connectivity index (χ1v) is 9.76. The van der Waals surface area contributed by atoms with E-state index in [1.807, 2.05) is 0 Å². The van der Waals surface area contributed by atoms with Gasteiger partial charge in [0.2, 0.25) is 0 Å². The van der Waals surface area contributed by atoms with Crippen molar-refractivity contribution in [3.63, 3.8) is 0 Å². The molecule has 120 valence electrons. The Hall–Kier alpha value is -0.961. The van der Waals surface area contributed by atoms with Gasteiger partial charge in [-0.1, -0.05) is 0 Å². The summed E-state index contributed by atoms with van der Waals surface area (Å²) >= 11 is 6.52. The fourth-order valence-corrected chi connectivity index (χ4v) is 5.01. The van der Waals surface area contributed by atoms with Crippen LogP contribution in [0.5, 0.6) is 0 Å².